The molecule has 0 aliphatic rings. The number of nitrogens with two attached hydrogens (primary N) is 1. The quantitative estimate of drug-likeness (QED) is 0.664. The van der Waals surface area contributed by atoms with Gasteiger partial charge in [-0.25, -0.2) is 13.4 Å². The van der Waals surface area contributed by atoms with E-state index in [2.05, 4.69) is 9.71 Å². The van der Waals surface area contributed by atoms with Crippen LogP contribution in [0, 0.1) is 6.92 Å². The Balaban J connectivity index is 2.38. The zero-order valence-electron chi connectivity index (χ0n) is 11.4. The zero-order chi connectivity index (χ0) is 15.6. The van der Waals surface area contributed by atoms with Gasteiger partial charge in [0.2, 0.25) is 0 Å². The predicted octanol–water partition coefficient (Wildman–Crippen LogP) is 2.44. The smallest absolute Gasteiger partial charge is 0.264 e. The van der Waals surface area contributed by atoms with Gasteiger partial charge in [0.1, 0.15) is 15.8 Å². The number of nitrogens with zero attached hydrogens (tertiary/aromatic N) is 1. The van der Waals surface area contributed by atoms with Crippen molar-refractivity contribution in [3.05, 3.63) is 41.2 Å². The molecule has 0 aliphatic carbocycles. The number of sulfonamides is 1. The maximum Gasteiger partial charge on any atom is 0.264 e. The number of hydrogen-bond donors (Lipinski definition) is 2. The third-order valence-electron chi connectivity index (χ3n) is 2.80. The maximum absolute atomic E-state index is 12.4. The van der Waals surface area contributed by atoms with Gasteiger partial charge < -0.3 is 10.5 Å². The third-order valence-corrected chi connectivity index (χ3v) is 4.45. The molecule has 21 heavy (non-hydrogen) atoms. The van der Waals surface area contributed by atoms with Crippen molar-refractivity contribution in [2.24, 2.45) is 0 Å². The van der Waals surface area contributed by atoms with Crippen molar-refractivity contribution in [1.82, 2.24) is 4.98 Å². The van der Waals surface area contributed by atoms with Crippen LogP contribution >= 0.6 is 11.6 Å². The molecule has 2 rings (SSSR count). The van der Waals surface area contributed by atoms with Crippen molar-refractivity contribution >= 4 is 33.0 Å². The van der Waals surface area contributed by atoms with E-state index in [-0.39, 0.29) is 10.6 Å². The number of methoxy groups -OCH3 is 1. The molecule has 0 radical (unpaired) electrons. The number of anilines is 2. The average Bonchev–Trinajstić information content (AvgIpc) is 2.41. The average molecular weight is 328 g/mol. The summed E-state index contributed by atoms with van der Waals surface area (Å²) < 4.78 is 32.2. The molecule has 0 unspecified atom stereocenters. The molecular formula is C13H14ClN3O3S. The molecule has 6 nitrogen and oxygen atoms in total. The summed E-state index contributed by atoms with van der Waals surface area (Å²) >= 11 is 5.74. The minimum atomic E-state index is -3.82. The maximum atomic E-state index is 12.4. The van der Waals surface area contributed by atoms with Gasteiger partial charge in [-0.1, -0.05) is 11.6 Å². The molecule has 0 saturated carbocycles. The molecule has 0 saturated heterocycles. The van der Waals surface area contributed by atoms with Gasteiger partial charge in [0.25, 0.3) is 10.0 Å². The second-order valence-electron chi connectivity index (χ2n) is 4.28. The Bertz CT molecular complexity index is 778. The van der Waals surface area contributed by atoms with E-state index in [0.717, 1.165) is 0 Å². The number of halogens is 1. The number of hydrogen-bond acceptors (Lipinski definition) is 5. The highest BCUT2D eigenvalue weighted by Gasteiger charge is 2.19. The second-order valence-corrected chi connectivity index (χ2v) is 6.31. The molecule has 0 amide bonds. The van der Waals surface area contributed by atoms with E-state index in [1.54, 1.807) is 13.0 Å². The lowest BCUT2D eigenvalue weighted by atomic mass is 10.3. The molecule has 0 bridgehead atoms. The van der Waals surface area contributed by atoms with Gasteiger partial charge in [-0.3, -0.25) is 4.72 Å². The lowest BCUT2D eigenvalue weighted by Crippen LogP contribution is -2.15. The number of rotatable bonds is 4. The Hall–Kier alpha value is -1.99. The molecule has 1 aromatic carbocycles. The van der Waals surface area contributed by atoms with Crippen molar-refractivity contribution in [2.45, 2.75) is 11.8 Å². The molecule has 0 aliphatic heterocycles. The van der Waals surface area contributed by atoms with Crippen molar-refractivity contribution in [1.29, 1.82) is 0 Å². The number of pyridine rings is 1. The Morgan fingerprint density at radius 1 is 1.29 bits per heavy atom. The first kappa shape index (κ1) is 15.4. The summed E-state index contributed by atoms with van der Waals surface area (Å²) in [4.78, 5) is 3.96. The fourth-order valence-corrected chi connectivity index (χ4v) is 3.16. The fraction of sp³-hybridized carbons (Fsp3) is 0.154. The molecule has 0 spiro atoms. The summed E-state index contributed by atoms with van der Waals surface area (Å²) in [6, 6.07) is 7.40. The van der Waals surface area contributed by atoms with E-state index in [0.29, 0.717) is 22.3 Å². The second kappa shape index (κ2) is 5.79. The molecule has 0 atom stereocenters. The van der Waals surface area contributed by atoms with Crippen molar-refractivity contribution < 1.29 is 13.2 Å². The Kier molecular flexibility index (Phi) is 4.24. The first-order valence-electron chi connectivity index (χ1n) is 5.93. The SMILES string of the molecule is COc1ccc(S(=O)(=O)Nc2ccc(Cl)nc2C)c(N)c1. The van der Waals surface area contributed by atoms with Crippen LogP contribution in [-0.2, 0) is 10.0 Å². The van der Waals surface area contributed by atoms with Crippen LogP contribution in [0.2, 0.25) is 5.15 Å². The Morgan fingerprint density at radius 2 is 2.00 bits per heavy atom. The van der Waals surface area contributed by atoms with Crippen LogP contribution < -0.4 is 15.2 Å². The van der Waals surface area contributed by atoms with Gasteiger partial charge >= 0.3 is 0 Å². The molecule has 3 N–H and O–H groups in total. The van der Waals surface area contributed by atoms with Gasteiger partial charge in [0.05, 0.1) is 24.2 Å². The highest BCUT2D eigenvalue weighted by atomic mass is 35.5. The summed E-state index contributed by atoms with van der Waals surface area (Å²) in [7, 11) is -2.34. The van der Waals surface area contributed by atoms with Gasteiger partial charge in [-0.2, -0.15) is 0 Å². The van der Waals surface area contributed by atoms with E-state index in [1.807, 2.05) is 0 Å². The fourth-order valence-electron chi connectivity index (χ4n) is 1.74. The molecule has 2 aromatic rings. The lowest BCUT2D eigenvalue weighted by Gasteiger charge is -2.12. The monoisotopic (exact) mass is 327 g/mol. The summed E-state index contributed by atoms with van der Waals surface area (Å²) in [6.07, 6.45) is 0. The van der Waals surface area contributed by atoms with Gasteiger partial charge in [-0.15, -0.1) is 0 Å². The zero-order valence-corrected chi connectivity index (χ0v) is 13.0. The van der Waals surface area contributed by atoms with Crippen LogP contribution in [0.25, 0.3) is 0 Å². The lowest BCUT2D eigenvalue weighted by molar-refractivity contribution is 0.414. The molecule has 1 aromatic heterocycles. The minimum absolute atomic E-state index is 0.0300. The van der Waals surface area contributed by atoms with Crippen LogP contribution in [0.15, 0.2) is 35.2 Å². The van der Waals surface area contributed by atoms with Crippen molar-refractivity contribution in [3.63, 3.8) is 0 Å². The van der Waals surface area contributed by atoms with E-state index in [1.165, 1.54) is 31.4 Å². The van der Waals surface area contributed by atoms with Crippen LogP contribution in [0.1, 0.15) is 5.69 Å². The predicted molar refractivity (Wildman–Crippen MR) is 82.2 cm³/mol. The normalized spacial score (nSPS) is 11.2. The van der Waals surface area contributed by atoms with Gasteiger partial charge in [0.15, 0.2) is 0 Å². The number of nitrogen functional groups attached to an aromatic ring is 1. The highest BCUT2D eigenvalue weighted by molar-refractivity contribution is 7.92. The molecule has 112 valence electrons. The molecule has 0 fully saturated rings. The molecular weight excluding hydrogens is 314 g/mol. The third kappa shape index (κ3) is 3.37. The number of aromatic nitrogens is 1. The summed E-state index contributed by atoms with van der Waals surface area (Å²) in [5, 5.41) is 0.291. The van der Waals surface area contributed by atoms with Crippen LogP contribution in [0.5, 0.6) is 5.75 Å². The highest BCUT2D eigenvalue weighted by Crippen LogP contribution is 2.26. The topological polar surface area (TPSA) is 94.3 Å². The number of benzene rings is 1. The van der Waals surface area contributed by atoms with Crippen LogP contribution in [0.4, 0.5) is 11.4 Å². The van der Waals surface area contributed by atoms with E-state index in [9.17, 15) is 8.42 Å². The Morgan fingerprint density at radius 3 is 2.57 bits per heavy atom. The van der Waals surface area contributed by atoms with Crippen LogP contribution in [-0.4, -0.2) is 20.5 Å². The first-order valence-corrected chi connectivity index (χ1v) is 7.79. The van der Waals surface area contributed by atoms with Crippen LogP contribution in [0.3, 0.4) is 0 Å². The van der Waals surface area contributed by atoms with Gasteiger partial charge in [0, 0.05) is 6.07 Å². The Labute approximate surface area is 128 Å². The van der Waals surface area contributed by atoms with Crippen molar-refractivity contribution in [3.8, 4) is 5.75 Å². The summed E-state index contributed by atoms with van der Waals surface area (Å²) in [5.74, 6) is 0.482. The van der Waals surface area contributed by atoms with Gasteiger partial charge in [-0.05, 0) is 31.2 Å². The van der Waals surface area contributed by atoms with E-state index in [4.69, 9.17) is 22.1 Å². The summed E-state index contributed by atoms with van der Waals surface area (Å²) in [5.41, 5.74) is 6.67. The minimum Gasteiger partial charge on any atom is -0.497 e. The number of nitrogens with one attached hydrogen (secondary N) is 1. The number of ether oxygens (including phenoxy) is 1. The van der Waals surface area contributed by atoms with E-state index >= 15 is 0 Å². The van der Waals surface area contributed by atoms with E-state index < -0.39 is 10.0 Å². The molecule has 8 heteroatoms. The van der Waals surface area contributed by atoms with Crippen molar-refractivity contribution in [2.75, 3.05) is 17.6 Å². The largest absolute Gasteiger partial charge is 0.497 e. The number of aryl methyl sites for hydroxylation is 1. The summed E-state index contributed by atoms with van der Waals surface area (Å²) in [6.45, 7) is 1.65. The standard InChI is InChI=1S/C13H14ClN3O3S/c1-8-11(4-6-13(14)16-8)17-21(18,19)12-5-3-9(20-2)7-10(12)15/h3-7,17H,15H2,1-2H3. The first-order chi connectivity index (χ1) is 9.83. The molecule has 1 heterocycles.